The van der Waals surface area contributed by atoms with Gasteiger partial charge in [0, 0.05) is 31.6 Å². The Balaban J connectivity index is 1.86. The van der Waals surface area contributed by atoms with Crippen LogP contribution in [-0.4, -0.2) is 50.4 Å². The summed E-state index contributed by atoms with van der Waals surface area (Å²) >= 11 is 1.53. The fraction of sp³-hybridized carbons (Fsp3) is 0.583. The quantitative estimate of drug-likeness (QED) is 0.730. The smallest absolute Gasteiger partial charge is 0.267 e. The molecule has 0 aromatic carbocycles. The van der Waals surface area contributed by atoms with Crippen LogP contribution in [0.4, 0.5) is 0 Å². The van der Waals surface area contributed by atoms with E-state index in [1.807, 2.05) is 0 Å². The molecule has 1 saturated heterocycles. The van der Waals surface area contributed by atoms with Gasteiger partial charge in [-0.25, -0.2) is 4.98 Å². The largest absolute Gasteiger partial charge is 0.393 e. The number of hydrogen-bond donors (Lipinski definition) is 1. The minimum absolute atomic E-state index is 0.141. The van der Waals surface area contributed by atoms with Gasteiger partial charge >= 0.3 is 0 Å². The number of fused-ring (bicyclic) bond motifs is 1. The standard InChI is InChI=1S/C12H15N3O3S/c16-8-1-3-14(4-2-8)10(17)9-7-13-12-15(11(9)18)5-6-19-12/h7-8,16H,1-6H2. The number of amides is 1. The van der Waals surface area contributed by atoms with Crippen molar-refractivity contribution < 1.29 is 9.90 Å². The summed E-state index contributed by atoms with van der Waals surface area (Å²) in [7, 11) is 0. The first-order valence-electron chi connectivity index (χ1n) is 6.37. The zero-order valence-electron chi connectivity index (χ0n) is 10.4. The number of aliphatic hydroxyl groups is 1. The van der Waals surface area contributed by atoms with Crippen LogP contribution in [0.2, 0.25) is 0 Å². The number of thioether (sulfide) groups is 1. The second kappa shape index (κ2) is 4.97. The monoisotopic (exact) mass is 281 g/mol. The van der Waals surface area contributed by atoms with E-state index in [0.717, 1.165) is 5.75 Å². The van der Waals surface area contributed by atoms with Crippen LogP contribution in [0, 0.1) is 0 Å². The summed E-state index contributed by atoms with van der Waals surface area (Å²) < 4.78 is 1.57. The van der Waals surface area contributed by atoms with Crippen LogP contribution in [-0.2, 0) is 6.54 Å². The summed E-state index contributed by atoms with van der Waals surface area (Å²) in [5.74, 6) is 0.562. The molecule has 102 valence electrons. The summed E-state index contributed by atoms with van der Waals surface area (Å²) in [5, 5.41) is 10.1. The topological polar surface area (TPSA) is 75.4 Å². The molecule has 1 fully saturated rings. The molecule has 6 nitrogen and oxygen atoms in total. The summed E-state index contributed by atoms with van der Waals surface area (Å²) in [6.45, 7) is 1.61. The first kappa shape index (κ1) is 12.7. The van der Waals surface area contributed by atoms with Crippen LogP contribution in [0.1, 0.15) is 23.2 Å². The van der Waals surface area contributed by atoms with Gasteiger partial charge in [-0.05, 0) is 12.8 Å². The number of aromatic nitrogens is 2. The van der Waals surface area contributed by atoms with E-state index in [1.54, 1.807) is 9.47 Å². The SMILES string of the molecule is O=C(c1cnc2n(c1=O)CCS2)N1CCC(O)CC1. The molecule has 19 heavy (non-hydrogen) atoms. The van der Waals surface area contributed by atoms with Gasteiger partial charge in [-0.1, -0.05) is 11.8 Å². The van der Waals surface area contributed by atoms with E-state index in [0.29, 0.717) is 37.6 Å². The third-order valence-corrected chi connectivity index (χ3v) is 4.51. The highest BCUT2D eigenvalue weighted by atomic mass is 32.2. The minimum Gasteiger partial charge on any atom is -0.393 e. The van der Waals surface area contributed by atoms with Crippen LogP contribution in [0.5, 0.6) is 0 Å². The Labute approximate surface area is 114 Å². The fourth-order valence-electron chi connectivity index (χ4n) is 2.40. The molecule has 0 atom stereocenters. The van der Waals surface area contributed by atoms with E-state index < -0.39 is 0 Å². The van der Waals surface area contributed by atoms with Gasteiger partial charge in [0.25, 0.3) is 11.5 Å². The molecule has 3 rings (SSSR count). The molecule has 1 aromatic heterocycles. The average Bonchev–Trinajstić information content (AvgIpc) is 2.88. The molecular weight excluding hydrogens is 266 g/mol. The molecule has 1 amide bonds. The fourth-order valence-corrected chi connectivity index (χ4v) is 3.32. The van der Waals surface area contributed by atoms with Gasteiger partial charge in [0.1, 0.15) is 5.56 Å². The first-order chi connectivity index (χ1) is 9.16. The number of piperidine rings is 1. The lowest BCUT2D eigenvalue weighted by atomic mass is 10.1. The zero-order valence-corrected chi connectivity index (χ0v) is 11.2. The number of carbonyl (C=O) groups excluding carboxylic acids is 1. The minimum atomic E-state index is -0.334. The van der Waals surface area contributed by atoms with Gasteiger partial charge in [-0.15, -0.1) is 0 Å². The maximum atomic E-state index is 12.3. The third kappa shape index (κ3) is 2.28. The highest BCUT2D eigenvalue weighted by Gasteiger charge is 2.26. The molecule has 0 unspecified atom stereocenters. The highest BCUT2D eigenvalue weighted by molar-refractivity contribution is 7.99. The average molecular weight is 281 g/mol. The molecule has 0 saturated carbocycles. The number of aliphatic hydroxyl groups excluding tert-OH is 1. The zero-order chi connectivity index (χ0) is 13.4. The first-order valence-corrected chi connectivity index (χ1v) is 7.35. The second-order valence-electron chi connectivity index (χ2n) is 4.78. The van der Waals surface area contributed by atoms with Crippen molar-refractivity contribution >= 4 is 17.7 Å². The Morgan fingerprint density at radius 3 is 2.84 bits per heavy atom. The van der Waals surface area contributed by atoms with Gasteiger partial charge < -0.3 is 10.0 Å². The lowest BCUT2D eigenvalue weighted by Crippen LogP contribution is -2.42. The van der Waals surface area contributed by atoms with E-state index in [2.05, 4.69) is 4.98 Å². The summed E-state index contributed by atoms with van der Waals surface area (Å²) in [6, 6.07) is 0. The Kier molecular flexibility index (Phi) is 3.32. The molecule has 0 bridgehead atoms. The Morgan fingerprint density at radius 1 is 1.37 bits per heavy atom. The summed E-state index contributed by atoms with van der Waals surface area (Å²) in [4.78, 5) is 30.3. The van der Waals surface area contributed by atoms with Crippen LogP contribution in [0.25, 0.3) is 0 Å². The highest BCUT2D eigenvalue weighted by Crippen LogP contribution is 2.21. The van der Waals surface area contributed by atoms with Gasteiger partial charge in [0.2, 0.25) is 0 Å². The van der Waals surface area contributed by atoms with Crippen molar-refractivity contribution in [3.8, 4) is 0 Å². The lowest BCUT2D eigenvalue weighted by Gasteiger charge is -2.29. The number of nitrogens with zero attached hydrogens (tertiary/aromatic N) is 3. The molecule has 3 heterocycles. The molecule has 1 N–H and O–H groups in total. The summed E-state index contributed by atoms with van der Waals surface area (Å²) in [6.07, 6.45) is 2.20. The van der Waals surface area contributed by atoms with E-state index in [-0.39, 0.29) is 23.1 Å². The van der Waals surface area contributed by atoms with Gasteiger partial charge in [-0.3, -0.25) is 14.2 Å². The van der Waals surface area contributed by atoms with Crippen molar-refractivity contribution in [2.45, 2.75) is 30.6 Å². The van der Waals surface area contributed by atoms with E-state index in [4.69, 9.17) is 0 Å². The van der Waals surface area contributed by atoms with Crippen LogP contribution in [0.3, 0.4) is 0 Å². The van der Waals surface area contributed by atoms with Crippen molar-refractivity contribution in [3.63, 3.8) is 0 Å². The molecule has 1 aromatic rings. The van der Waals surface area contributed by atoms with Crippen molar-refractivity contribution in [1.29, 1.82) is 0 Å². The third-order valence-electron chi connectivity index (χ3n) is 3.54. The lowest BCUT2D eigenvalue weighted by molar-refractivity contribution is 0.0544. The second-order valence-corrected chi connectivity index (χ2v) is 5.85. The normalized spacial score (nSPS) is 19.5. The number of rotatable bonds is 1. The predicted molar refractivity (Wildman–Crippen MR) is 70.4 cm³/mol. The summed E-state index contributed by atoms with van der Waals surface area (Å²) in [5.41, 5.74) is -0.103. The van der Waals surface area contributed by atoms with E-state index in [9.17, 15) is 14.7 Å². The van der Waals surface area contributed by atoms with Crippen LogP contribution < -0.4 is 5.56 Å². The van der Waals surface area contributed by atoms with Crippen LogP contribution >= 0.6 is 11.8 Å². The predicted octanol–water partition coefficient (Wildman–Crippen LogP) is -0.0541. The molecule has 0 radical (unpaired) electrons. The number of likely N-dealkylation sites (tertiary alicyclic amines) is 1. The Bertz CT molecular complexity index is 564. The van der Waals surface area contributed by atoms with E-state index >= 15 is 0 Å². The number of hydrogen-bond acceptors (Lipinski definition) is 5. The van der Waals surface area contributed by atoms with Gasteiger partial charge in [-0.2, -0.15) is 0 Å². The van der Waals surface area contributed by atoms with Crippen molar-refractivity contribution in [2.75, 3.05) is 18.8 Å². The van der Waals surface area contributed by atoms with Crippen LogP contribution in [0.15, 0.2) is 16.1 Å². The van der Waals surface area contributed by atoms with E-state index in [1.165, 1.54) is 18.0 Å². The Morgan fingerprint density at radius 2 is 2.11 bits per heavy atom. The molecule has 2 aliphatic heterocycles. The van der Waals surface area contributed by atoms with Crippen molar-refractivity contribution in [3.05, 3.63) is 22.1 Å². The van der Waals surface area contributed by atoms with Gasteiger partial charge in [0.15, 0.2) is 5.16 Å². The van der Waals surface area contributed by atoms with Gasteiger partial charge in [0.05, 0.1) is 6.10 Å². The van der Waals surface area contributed by atoms with Crippen molar-refractivity contribution in [1.82, 2.24) is 14.5 Å². The molecule has 2 aliphatic rings. The Hall–Kier alpha value is -1.34. The molecular formula is C12H15N3O3S. The number of carbonyl (C=O) groups is 1. The molecule has 0 spiro atoms. The van der Waals surface area contributed by atoms with Crippen molar-refractivity contribution in [2.24, 2.45) is 0 Å². The maximum absolute atomic E-state index is 12.3. The maximum Gasteiger partial charge on any atom is 0.267 e. The molecule has 0 aliphatic carbocycles. The molecule has 7 heteroatoms.